The van der Waals surface area contributed by atoms with Crippen molar-refractivity contribution in [3.05, 3.63) is 71.2 Å². The lowest BCUT2D eigenvalue weighted by Gasteiger charge is -2.11. The monoisotopic (exact) mass is 280 g/mol. The molecule has 0 amide bonds. The van der Waals surface area contributed by atoms with E-state index in [1.807, 2.05) is 41.8 Å². The number of imidazole rings is 1. The van der Waals surface area contributed by atoms with Gasteiger partial charge >= 0.3 is 0 Å². The number of aliphatic hydroxyl groups excluding tert-OH is 1. The highest BCUT2D eigenvalue weighted by Crippen LogP contribution is 2.25. The predicted molar refractivity (Wildman–Crippen MR) is 84.4 cm³/mol. The van der Waals surface area contributed by atoms with Crippen molar-refractivity contribution in [3.8, 4) is 0 Å². The van der Waals surface area contributed by atoms with Gasteiger partial charge in [0.05, 0.1) is 17.5 Å². The SMILES string of the molecule is CCC(O)c1c(Cc2ccccc2)nc2ccc(C)cn12. The van der Waals surface area contributed by atoms with E-state index in [2.05, 4.69) is 25.1 Å². The summed E-state index contributed by atoms with van der Waals surface area (Å²) in [4.78, 5) is 4.72. The number of rotatable bonds is 4. The number of nitrogens with zero attached hydrogens (tertiary/aromatic N) is 2. The fraction of sp³-hybridized carbons (Fsp3) is 0.278. The van der Waals surface area contributed by atoms with E-state index in [0.717, 1.165) is 29.0 Å². The fourth-order valence-corrected chi connectivity index (χ4v) is 2.68. The lowest BCUT2D eigenvalue weighted by atomic mass is 10.1. The number of aryl methyl sites for hydroxylation is 1. The van der Waals surface area contributed by atoms with Crippen molar-refractivity contribution in [1.82, 2.24) is 9.38 Å². The van der Waals surface area contributed by atoms with E-state index in [-0.39, 0.29) is 0 Å². The van der Waals surface area contributed by atoms with E-state index >= 15 is 0 Å². The van der Waals surface area contributed by atoms with Crippen LogP contribution < -0.4 is 0 Å². The standard InChI is InChI=1S/C18H20N2O/c1-3-16(21)18-15(11-14-7-5-4-6-8-14)19-17-10-9-13(2)12-20(17)18/h4-10,12,16,21H,3,11H2,1-2H3. The molecule has 1 atom stereocenters. The molecule has 0 aliphatic heterocycles. The first-order valence-corrected chi connectivity index (χ1v) is 7.38. The van der Waals surface area contributed by atoms with Gasteiger partial charge in [-0.05, 0) is 30.5 Å². The number of hydrogen-bond acceptors (Lipinski definition) is 2. The summed E-state index contributed by atoms with van der Waals surface area (Å²) >= 11 is 0. The molecule has 3 nitrogen and oxygen atoms in total. The van der Waals surface area contributed by atoms with E-state index in [4.69, 9.17) is 4.98 Å². The Morgan fingerprint density at radius 2 is 1.90 bits per heavy atom. The van der Waals surface area contributed by atoms with Gasteiger partial charge in [-0.1, -0.05) is 43.3 Å². The molecule has 0 aliphatic carbocycles. The molecule has 3 rings (SSSR count). The topological polar surface area (TPSA) is 37.5 Å². The third kappa shape index (κ3) is 2.69. The molecule has 0 radical (unpaired) electrons. The molecule has 108 valence electrons. The summed E-state index contributed by atoms with van der Waals surface area (Å²) in [6.07, 6.45) is 2.99. The first-order chi connectivity index (χ1) is 10.2. The van der Waals surface area contributed by atoms with Gasteiger partial charge in [-0.2, -0.15) is 0 Å². The van der Waals surface area contributed by atoms with Gasteiger partial charge in [-0.25, -0.2) is 4.98 Å². The number of aliphatic hydroxyl groups is 1. The number of pyridine rings is 1. The first-order valence-electron chi connectivity index (χ1n) is 7.38. The van der Waals surface area contributed by atoms with Crippen LogP contribution >= 0.6 is 0 Å². The second kappa shape index (κ2) is 5.70. The minimum absolute atomic E-state index is 0.486. The van der Waals surface area contributed by atoms with Crippen molar-refractivity contribution in [2.24, 2.45) is 0 Å². The Bertz CT molecular complexity index is 747. The predicted octanol–water partition coefficient (Wildman–Crippen LogP) is 3.68. The Labute approximate surface area is 124 Å². The lowest BCUT2D eigenvalue weighted by molar-refractivity contribution is 0.167. The van der Waals surface area contributed by atoms with Crippen LogP contribution in [0.25, 0.3) is 5.65 Å². The third-order valence-corrected chi connectivity index (χ3v) is 3.80. The van der Waals surface area contributed by atoms with Crippen molar-refractivity contribution in [1.29, 1.82) is 0 Å². The second-order valence-electron chi connectivity index (χ2n) is 5.46. The van der Waals surface area contributed by atoms with Crippen LogP contribution in [0, 0.1) is 6.92 Å². The number of fused-ring (bicyclic) bond motifs is 1. The van der Waals surface area contributed by atoms with Gasteiger partial charge < -0.3 is 9.51 Å². The molecule has 0 aliphatic rings. The first kappa shape index (κ1) is 13.8. The van der Waals surface area contributed by atoms with Gasteiger partial charge in [0.25, 0.3) is 0 Å². The lowest BCUT2D eigenvalue weighted by Crippen LogP contribution is -2.04. The van der Waals surface area contributed by atoms with Gasteiger partial charge in [0.2, 0.25) is 0 Å². The Hall–Kier alpha value is -2.13. The number of hydrogen-bond donors (Lipinski definition) is 1. The zero-order chi connectivity index (χ0) is 14.8. The van der Waals surface area contributed by atoms with Crippen LogP contribution in [0.15, 0.2) is 48.7 Å². The fourth-order valence-electron chi connectivity index (χ4n) is 2.68. The van der Waals surface area contributed by atoms with Crippen LogP contribution in [-0.2, 0) is 6.42 Å². The maximum absolute atomic E-state index is 10.4. The summed E-state index contributed by atoms with van der Waals surface area (Å²) in [5.41, 5.74) is 5.15. The summed E-state index contributed by atoms with van der Waals surface area (Å²) < 4.78 is 2.03. The largest absolute Gasteiger partial charge is 0.387 e. The summed E-state index contributed by atoms with van der Waals surface area (Å²) in [5, 5.41) is 10.4. The van der Waals surface area contributed by atoms with Crippen molar-refractivity contribution < 1.29 is 5.11 Å². The zero-order valence-electron chi connectivity index (χ0n) is 12.5. The van der Waals surface area contributed by atoms with Gasteiger partial charge in [-0.3, -0.25) is 0 Å². The Balaban J connectivity index is 2.12. The van der Waals surface area contributed by atoms with Gasteiger partial charge in [-0.15, -0.1) is 0 Å². The van der Waals surface area contributed by atoms with E-state index in [1.54, 1.807) is 0 Å². The van der Waals surface area contributed by atoms with Crippen molar-refractivity contribution in [3.63, 3.8) is 0 Å². The molecule has 0 saturated heterocycles. The molecule has 0 spiro atoms. The number of benzene rings is 1. The molecule has 0 saturated carbocycles. The summed E-state index contributed by atoms with van der Waals surface area (Å²) in [6.45, 7) is 4.05. The highest BCUT2D eigenvalue weighted by atomic mass is 16.3. The minimum Gasteiger partial charge on any atom is -0.387 e. The van der Waals surface area contributed by atoms with Crippen LogP contribution in [0.3, 0.4) is 0 Å². The van der Waals surface area contributed by atoms with E-state index < -0.39 is 6.10 Å². The molecular formula is C18H20N2O. The van der Waals surface area contributed by atoms with Crippen LogP contribution in [0.4, 0.5) is 0 Å². The second-order valence-corrected chi connectivity index (χ2v) is 5.46. The average Bonchev–Trinajstić information content (AvgIpc) is 2.84. The van der Waals surface area contributed by atoms with E-state index in [1.165, 1.54) is 5.56 Å². The van der Waals surface area contributed by atoms with Crippen LogP contribution in [0.1, 0.15) is 42.0 Å². The highest BCUT2D eigenvalue weighted by molar-refractivity contribution is 5.46. The smallest absolute Gasteiger partial charge is 0.137 e. The van der Waals surface area contributed by atoms with Gasteiger partial charge in [0.1, 0.15) is 5.65 Å². The van der Waals surface area contributed by atoms with Crippen LogP contribution in [0.5, 0.6) is 0 Å². The van der Waals surface area contributed by atoms with Crippen molar-refractivity contribution in [2.75, 3.05) is 0 Å². The molecule has 0 bridgehead atoms. The summed E-state index contributed by atoms with van der Waals surface area (Å²) in [5.74, 6) is 0. The summed E-state index contributed by atoms with van der Waals surface area (Å²) in [7, 11) is 0. The molecule has 1 aromatic carbocycles. The molecule has 3 aromatic rings. The minimum atomic E-state index is -0.486. The van der Waals surface area contributed by atoms with Crippen molar-refractivity contribution >= 4 is 5.65 Å². The van der Waals surface area contributed by atoms with E-state index in [0.29, 0.717) is 6.42 Å². The molecule has 2 heterocycles. The highest BCUT2D eigenvalue weighted by Gasteiger charge is 2.18. The Morgan fingerprint density at radius 3 is 2.62 bits per heavy atom. The molecule has 1 N–H and O–H groups in total. The van der Waals surface area contributed by atoms with Crippen molar-refractivity contribution in [2.45, 2.75) is 32.8 Å². The Morgan fingerprint density at radius 1 is 1.14 bits per heavy atom. The zero-order valence-corrected chi connectivity index (χ0v) is 12.5. The third-order valence-electron chi connectivity index (χ3n) is 3.80. The van der Waals surface area contributed by atoms with E-state index in [9.17, 15) is 5.11 Å². The average molecular weight is 280 g/mol. The van der Waals surface area contributed by atoms with Crippen LogP contribution in [0.2, 0.25) is 0 Å². The quantitative estimate of drug-likeness (QED) is 0.791. The molecular weight excluding hydrogens is 260 g/mol. The Kier molecular flexibility index (Phi) is 3.76. The van der Waals surface area contributed by atoms with Gasteiger partial charge in [0.15, 0.2) is 0 Å². The molecule has 1 unspecified atom stereocenters. The maximum Gasteiger partial charge on any atom is 0.137 e. The molecule has 2 aromatic heterocycles. The molecule has 21 heavy (non-hydrogen) atoms. The maximum atomic E-state index is 10.4. The molecule has 3 heteroatoms. The molecule has 0 fully saturated rings. The van der Waals surface area contributed by atoms with Crippen LogP contribution in [-0.4, -0.2) is 14.5 Å². The summed E-state index contributed by atoms with van der Waals surface area (Å²) in [6, 6.07) is 14.3. The normalized spacial score (nSPS) is 12.7. The number of aromatic nitrogens is 2. The van der Waals surface area contributed by atoms with Gasteiger partial charge in [0, 0.05) is 12.6 Å².